The van der Waals surface area contributed by atoms with E-state index < -0.39 is 28.0 Å². The molecule has 1 aromatic rings. The maximum absolute atomic E-state index is 12.7. The van der Waals surface area contributed by atoms with Crippen LogP contribution in [0.25, 0.3) is 0 Å². The highest BCUT2D eigenvalue weighted by molar-refractivity contribution is 7.86. The van der Waals surface area contributed by atoms with Crippen molar-refractivity contribution in [2.45, 2.75) is 37.5 Å². The number of carbonyl (C=O) groups excluding carboxylic acids is 2. The molecule has 3 N–H and O–H groups in total. The molecule has 0 aliphatic carbocycles. The Morgan fingerprint density at radius 3 is 2.71 bits per heavy atom. The first-order valence-electron chi connectivity index (χ1n) is 8.42. The van der Waals surface area contributed by atoms with Crippen molar-refractivity contribution >= 4 is 22.2 Å². The molecule has 3 heterocycles. The lowest BCUT2D eigenvalue weighted by atomic mass is 10.2. The molecule has 0 spiro atoms. The Morgan fingerprint density at radius 1 is 1.32 bits per heavy atom. The third kappa shape index (κ3) is 4.72. The fourth-order valence-electron chi connectivity index (χ4n) is 3.08. The van der Waals surface area contributed by atoms with Gasteiger partial charge in [0.05, 0.1) is 18.1 Å². The Labute approximate surface area is 164 Å². The number of nitrogens with two attached hydrogens (primary N) is 1. The number of nitrogens with one attached hydrogen (secondary N) is 1. The van der Waals surface area contributed by atoms with E-state index in [0.29, 0.717) is 12.0 Å². The second-order valence-corrected chi connectivity index (χ2v) is 7.83. The van der Waals surface area contributed by atoms with Crippen LogP contribution in [0.15, 0.2) is 29.2 Å². The zero-order chi connectivity index (χ0) is 19.5. The molecule has 10 nitrogen and oxygen atoms in total. The summed E-state index contributed by atoms with van der Waals surface area (Å²) < 4.78 is 41.8. The van der Waals surface area contributed by atoms with E-state index in [-0.39, 0.29) is 51.7 Å². The molecule has 3 amide bonds. The maximum atomic E-state index is 12.7. The highest BCUT2D eigenvalue weighted by Gasteiger charge is 2.49. The summed E-state index contributed by atoms with van der Waals surface area (Å²) in [4.78, 5) is 24.5. The highest BCUT2D eigenvalue weighted by Crippen LogP contribution is 2.35. The van der Waals surface area contributed by atoms with Crippen molar-refractivity contribution < 1.29 is 31.7 Å². The second kappa shape index (κ2) is 8.76. The number of hydrogen-bond donors (Lipinski definition) is 2. The average molecular weight is 415 g/mol. The van der Waals surface area contributed by atoms with Gasteiger partial charge in [-0.1, -0.05) is 19.6 Å². The number of nitrogens with zero attached hydrogens (tertiary/aromatic N) is 1. The van der Waals surface area contributed by atoms with Gasteiger partial charge in [-0.2, -0.15) is 8.42 Å². The van der Waals surface area contributed by atoms with Crippen molar-refractivity contribution in [3.63, 3.8) is 0 Å². The normalized spacial score (nSPS) is 23.1. The number of urea groups is 1. The van der Waals surface area contributed by atoms with Crippen molar-refractivity contribution in [2.24, 2.45) is 5.73 Å². The van der Waals surface area contributed by atoms with Crippen molar-refractivity contribution in [1.29, 1.82) is 0 Å². The number of amides is 3. The van der Waals surface area contributed by atoms with Crippen LogP contribution in [-0.2, 0) is 30.4 Å². The van der Waals surface area contributed by atoms with Crippen LogP contribution in [-0.4, -0.2) is 57.5 Å². The summed E-state index contributed by atoms with van der Waals surface area (Å²) in [5.41, 5.74) is 4.14. The lowest BCUT2D eigenvalue weighted by Crippen LogP contribution is -2.53. The van der Waals surface area contributed by atoms with Gasteiger partial charge >= 0.3 is 12.1 Å². The van der Waals surface area contributed by atoms with E-state index in [1.807, 2.05) is 0 Å². The SMILES string of the molecule is C.NC(=O)NCCOC[C@@]12CCCN1C(=O)OCc1ccc(cc1)S(=O)(=O)O2. The molecule has 156 valence electrons. The molecule has 0 aromatic heterocycles. The molecule has 1 aromatic carbocycles. The second-order valence-electron chi connectivity index (χ2n) is 6.28. The zero-order valence-electron chi connectivity index (χ0n) is 14.5. The van der Waals surface area contributed by atoms with Gasteiger partial charge < -0.3 is 20.5 Å². The maximum Gasteiger partial charge on any atom is 0.412 e. The third-order valence-corrected chi connectivity index (χ3v) is 5.75. The van der Waals surface area contributed by atoms with Gasteiger partial charge in [-0.25, -0.2) is 13.8 Å². The number of primary amides is 1. The van der Waals surface area contributed by atoms with E-state index in [2.05, 4.69) is 5.32 Å². The number of benzene rings is 1. The van der Waals surface area contributed by atoms with Gasteiger partial charge in [0, 0.05) is 19.5 Å². The van der Waals surface area contributed by atoms with Crippen LogP contribution in [0, 0.1) is 0 Å². The Bertz CT molecular complexity index is 813. The van der Waals surface area contributed by atoms with E-state index >= 15 is 0 Å². The first-order valence-corrected chi connectivity index (χ1v) is 9.83. The van der Waals surface area contributed by atoms with Gasteiger partial charge in [-0.3, -0.25) is 4.90 Å². The minimum atomic E-state index is -4.13. The predicted octanol–water partition coefficient (Wildman–Crippen LogP) is 1.16. The number of hydrogen-bond acceptors (Lipinski definition) is 7. The largest absolute Gasteiger partial charge is 0.444 e. The molecule has 1 saturated heterocycles. The van der Waals surface area contributed by atoms with Crippen LogP contribution >= 0.6 is 0 Å². The molecule has 0 saturated carbocycles. The standard InChI is InChI=1S/C16H21N3O7S.CH4/c17-14(20)18-7-9-24-11-16-6-1-8-19(16)15(21)25-10-12-2-4-13(5-3-12)27(22,23)26-16;/h2-5H,1,6-11H2,(H3,17,18,20);1H4/t16-;/m0./s1. The Balaban J connectivity index is 0.00000280. The molecule has 2 bridgehead atoms. The van der Waals surface area contributed by atoms with Crippen LogP contribution in [0.2, 0.25) is 0 Å². The summed E-state index contributed by atoms with van der Waals surface area (Å²) >= 11 is 0. The topological polar surface area (TPSA) is 137 Å². The molecular formula is C17H25N3O7S. The van der Waals surface area contributed by atoms with Gasteiger partial charge in [-0.05, 0) is 24.1 Å². The van der Waals surface area contributed by atoms with Crippen LogP contribution in [0.1, 0.15) is 25.8 Å². The molecule has 1 atom stereocenters. The van der Waals surface area contributed by atoms with Crippen LogP contribution in [0.3, 0.4) is 0 Å². The highest BCUT2D eigenvalue weighted by atomic mass is 32.2. The molecule has 3 aliphatic rings. The monoisotopic (exact) mass is 415 g/mol. The number of ether oxygens (including phenoxy) is 2. The summed E-state index contributed by atoms with van der Waals surface area (Å²) in [6.07, 6.45) is 0.124. The quantitative estimate of drug-likeness (QED) is 0.543. The molecule has 0 unspecified atom stereocenters. The van der Waals surface area contributed by atoms with E-state index in [1.54, 1.807) is 12.1 Å². The molecule has 4 rings (SSSR count). The minimum Gasteiger partial charge on any atom is -0.444 e. The van der Waals surface area contributed by atoms with Crippen LogP contribution < -0.4 is 11.1 Å². The summed E-state index contributed by atoms with van der Waals surface area (Å²) in [5.74, 6) is 0. The number of carbonyl (C=O) groups is 2. The van der Waals surface area contributed by atoms with Gasteiger partial charge in [-0.15, -0.1) is 0 Å². The first-order chi connectivity index (χ1) is 12.8. The van der Waals surface area contributed by atoms with E-state index in [0.717, 1.165) is 0 Å². The molecule has 3 aliphatic heterocycles. The smallest absolute Gasteiger partial charge is 0.412 e. The van der Waals surface area contributed by atoms with E-state index in [4.69, 9.17) is 19.4 Å². The fraction of sp³-hybridized carbons (Fsp3) is 0.529. The predicted molar refractivity (Wildman–Crippen MR) is 98.7 cm³/mol. The molecule has 28 heavy (non-hydrogen) atoms. The number of rotatable bonds is 5. The molecule has 0 radical (unpaired) electrons. The fourth-order valence-corrected chi connectivity index (χ4v) is 4.27. The molecular weight excluding hydrogens is 390 g/mol. The zero-order valence-corrected chi connectivity index (χ0v) is 15.4. The summed E-state index contributed by atoms with van der Waals surface area (Å²) in [6, 6.07) is 5.26. The lowest BCUT2D eigenvalue weighted by molar-refractivity contribution is -0.0986. The van der Waals surface area contributed by atoms with Crippen molar-refractivity contribution in [1.82, 2.24) is 10.2 Å². The summed E-state index contributed by atoms with van der Waals surface area (Å²) in [7, 11) is -4.13. The summed E-state index contributed by atoms with van der Waals surface area (Å²) in [5, 5.41) is 2.36. The lowest BCUT2D eigenvalue weighted by Gasteiger charge is -2.36. The van der Waals surface area contributed by atoms with Gasteiger partial charge in [0.25, 0.3) is 10.1 Å². The number of fused-ring (bicyclic) bond motifs is 5. The first kappa shape index (κ1) is 21.9. The van der Waals surface area contributed by atoms with Crippen molar-refractivity contribution in [3.8, 4) is 0 Å². The Hall–Kier alpha value is -2.37. The van der Waals surface area contributed by atoms with Gasteiger partial charge in [0.2, 0.25) is 0 Å². The van der Waals surface area contributed by atoms with Crippen LogP contribution in [0.4, 0.5) is 9.59 Å². The van der Waals surface area contributed by atoms with Gasteiger partial charge in [0.15, 0.2) is 5.72 Å². The molecule has 11 heteroatoms. The van der Waals surface area contributed by atoms with E-state index in [9.17, 15) is 18.0 Å². The Kier molecular flexibility index (Phi) is 6.86. The summed E-state index contributed by atoms with van der Waals surface area (Å²) in [6.45, 7) is 0.325. The van der Waals surface area contributed by atoms with Crippen molar-refractivity contribution in [3.05, 3.63) is 29.8 Å². The van der Waals surface area contributed by atoms with Gasteiger partial charge in [0.1, 0.15) is 6.61 Å². The average Bonchev–Trinajstić information content (AvgIpc) is 3.01. The Morgan fingerprint density at radius 2 is 2.04 bits per heavy atom. The molecule has 1 fully saturated rings. The van der Waals surface area contributed by atoms with Crippen molar-refractivity contribution in [2.75, 3.05) is 26.3 Å². The third-order valence-electron chi connectivity index (χ3n) is 4.37. The minimum absolute atomic E-state index is 0. The van der Waals surface area contributed by atoms with E-state index in [1.165, 1.54) is 17.0 Å². The van der Waals surface area contributed by atoms with Crippen LogP contribution in [0.5, 0.6) is 0 Å².